The Morgan fingerprint density at radius 3 is 2.60 bits per heavy atom. The molecule has 3 rings (SSSR count). The summed E-state index contributed by atoms with van der Waals surface area (Å²) < 4.78 is 0. The standard InChI is InChI=1S/C15H12/c1-15(2)13-9-5-3-7-11(13)12-8-4-6-10-14(12)15/h3-7,10H,1-2H3. The summed E-state index contributed by atoms with van der Waals surface area (Å²) in [6.07, 6.45) is 0. The molecular formula is C15H12. The van der Waals surface area contributed by atoms with Crippen molar-refractivity contribution in [1.29, 1.82) is 0 Å². The van der Waals surface area contributed by atoms with Gasteiger partial charge in [0.2, 0.25) is 0 Å². The van der Waals surface area contributed by atoms with Crippen LogP contribution in [0.25, 0.3) is 11.1 Å². The van der Waals surface area contributed by atoms with Gasteiger partial charge in [0.15, 0.2) is 0 Å². The summed E-state index contributed by atoms with van der Waals surface area (Å²) in [5, 5.41) is 0. The average molecular weight is 192 g/mol. The molecule has 72 valence electrons. The van der Waals surface area contributed by atoms with E-state index < -0.39 is 0 Å². The summed E-state index contributed by atoms with van der Waals surface area (Å²) in [5.41, 5.74) is 5.27. The van der Waals surface area contributed by atoms with E-state index in [2.05, 4.69) is 44.2 Å². The fraction of sp³-hybridized carbons (Fsp3) is 0.200. The largest absolute Gasteiger partial charge is 0.0613 e. The summed E-state index contributed by atoms with van der Waals surface area (Å²) in [6, 6.07) is 19.1. The van der Waals surface area contributed by atoms with Gasteiger partial charge in [-0.15, -0.1) is 0 Å². The quantitative estimate of drug-likeness (QED) is 0.598. The molecule has 0 saturated carbocycles. The number of rotatable bonds is 0. The highest BCUT2D eigenvalue weighted by Gasteiger charge is 2.34. The maximum atomic E-state index is 3.37. The molecule has 2 aromatic carbocycles. The Bertz CT molecular complexity index is 474. The van der Waals surface area contributed by atoms with Crippen LogP contribution in [-0.2, 0) is 5.41 Å². The minimum Gasteiger partial charge on any atom is -0.0613 e. The molecule has 0 aliphatic heterocycles. The summed E-state index contributed by atoms with van der Waals surface area (Å²) in [6.45, 7) is 4.50. The fourth-order valence-electron chi connectivity index (χ4n) is 2.48. The Kier molecular flexibility index (Phi) is 1.59. The van der Waals surface area contributed by atoms with Crippen molar-refractivity contribution in [1.82, 2.24) is 0 Å². The third-order valence-corrected chi connectivity index (χ3v) is 3.28. The van der Waals surface area contributed by atoms with Crippen LogP contribution in [0.1, 0.15) is 25.0 Å². The first-order valence-corrected chi connectivity index (χ1v) is 5.24. The number of fused-ring (bicyclic) bond motifs is 3. The van der Waals surface area contributed by atoms with Crippen LogP contribution in [0.4, 0.5) is 0 Å². The van der Waals surface area contributed by atoms with E-state index in [1.54, 1.807) is 0 Å². The smallest absolute Gasteiger partial charge is 0.0165 e. The lowest BCUT2D eigenvalue weighted by Gasteiger charge is -2.20. The van der Waals surface area contributed by atoms with Crippen LogP contribution in [-0.4, -0.2) is 0 Å². The highest BCUT2D eigenvalue weighted by atomic mass is 14.4. The van der Waals surface area contributed by atoms with Gasteiger partial charge in [-0.05, 0) is 34.4 Å². The molecule has 0 spiro atoms. The van der Waals surface area contributed by atoms with E-state index in [0.29, 0.717) is 0 Å². The topological polar surface area (TPSA) is 0 Å². The third kappa shape index (κ3) is 1.02. The van der Waals surface area contributed by atoms with Crippen molar-refractivity contribution in [3.8, 4) is 11.1 Å². The van der Waals surface area contributed by atoms with Gasteiger partial charge in [0.1, 0.15) is 0 Å². The van der Waals surface area contributed by atoms with Gasteiger partial charge in [0, 0.05) is 5.41 Å². The van der Waals surface area contributed by atoms with Crippen molar-refractivity contribution in [2.24, 2.45) is 0 Å². The Hall–Kier alpha value is -1.56. The molecule has 0 atom stereocenters. The molecule has 0 nitrogen and oxygen atoms in total. The van der Waals surface area contributed by atoms with Crippen LogP contribution >= 0.6 is 0 Å². The van der Waals surface area contributed by atoms with E-state index >= 15 is 0 Å². The second-order valence-electron chi connectivity index (χ2n) is 4.54. The highest BCUT2D eigenvalue weighted by molar-refractivity contribution is 5.79. The molecule has 0 fully saturated rings. The fourth-order valence-corrected chi connectivity index (χ4v) is 2.48. The van der Waals surface area contributed by atoms with Gasteiger partial charge in [-0.3, -0.25) is 0 Å². The first-order valence-electron chi connectivity index (χ1n) is 5.24. The van der Waals surface area contributed by atoms with Crippen LogP contribution in [0.5, 0.6) is 0 Å². The lowest BCUT2D eigenvalue weighted by atomic mass is 9.82. The monoisotopic (exact) mass is 192 g/mol. The first-order chi connectivity index (χ1) is 7.21. The zero-order chi connectivity index (χ0) is 10.5. The molecule has 0 amide bonds. The van der Waals surface area contributed by atoms with E-state index in [9.17, 15) is 0 Å². The molecular weight excluding hydrogens is 180 g/mol. The zero-order valence-corrected chi connectivity index (χ0v) is 8.96. The maximum absolute atomic E-state index is 3.37. The average Bonchev–Trinajstić information content (AvgIpc) is 2.51. The first kappa shape index (κ1) is 8.72. The van der Waals surface area contributed by atoms with Crippen molar-refractivity contribution < 1.29 is 0 Å². The van der Waals surface area contributed by atoms with Crippen LogP contribution in [0.3, 0.4) is 0 Å². The lowest BCUT2D eigenvalue weighted by Crippen LogP contribution is -2.14. The molecule has 1 aliphatic carbocycles. The second kappa shape index (κ2) is 2.73. The molecule has 2 radical (unpaired) electrons. The van der Waals surface area contributed by atoms with Gasteiger partial charge < -0.3 is 0 Å². The molecule has 0 bridgehead atoms. The number of hydrogen-bond acceptors (Lipinski definition) is 0. The summed E-state index contributed by atoms with van der Waals surface area (Å²) in [5.74, 6) is 0. The normalized spacial score (nSPS) is 15.9. The van der Waals surface area contributed by atoms with E-state index in [1.807, 2.05) is 18.2 Å². The molecule has 0 heterocycles. The predicted octanol–water partition coefficient (Wildman–Crippen LogP) is 3.59. The minimum absolute atomic E-state index is 0.0731. The molecule has 0 N–H and O–H groups in total. The van der Waals surface area contributed by atoms with Crippen molar-refractivity contribution in [3.05, 3.63) is 59.7 Å². The molecule has 2 aromatic rings. The van der Waals surface area contributed by atoms with Gasteiger partial charge in [0.25, 0.3) is 0 Å². The summed E-state index contributed by atoms with van der Waals surface area (Å²) in [4.78, 5) is 0. The minimum atomic E-state index is 0.0731. The van der Waals surface area contributed by atoms with Crippen LogP contribution < -0.4 is 0 Å². The third-order valence-electron chi connectivity index (χ3n) is 3.28. The van der Waals surface area contributed by atoms with Crippen molar-refractivity contribution >= 4 is 0 Å². The van der Waals surface area contributed by atoms with Crippen LogP contribution in [0.15, 0.2) is 36.4 Å². The van der Waals surface area contributed by atoms with Gasteiger partial charge in [-0.2, -0.15) is 0 Å². The second-order valence-corrected chi connectivity index (χ2v) is 4.54. The summed E-state index contributed by atoms with van der Waals surface area (Å²) in [7, 11) is 0. The zero-order valence-electron chi connectivity index (χ0n) is 8.96. The Morgan fingerprint density at radius 2 is 1.73 bits per heavy atom. The number of hydrogen-bond donors (Lipinski definition) is 0. The SMILES string of the molecule is CC1(C)c2[c]cccc2-c2[c]cccc21. The summed E-state index contributed by atoms with van der Waals surface area (Å²) >= 11 is 0. The van der Waals surface area contributed by atoms with Gasteiger partial charge >= 0.3 is 0 Å². The van der Waals surface area contributed by atoms with Crippen LogP contribution in [0, 0.1) is 12.1 Å². The van der Waals surface area contributed by atoms with Crippen molar-refractivity contribution in [2.45, 2.75) is 19.3 Å². The van der Waals surface area contributed by atoms with Gasteiger partial charge in [-0.1, -0.05) is 50.2 Å². The van der Waals surface area contributed by atoms with Gasteiger partial charge in [0.05, 0.1) is 0 Å². The Balaban J connectivity index is 2.42. The molecule has 0 saturated heterocycles. The molecule has 1 aliphatic rings. The molecule has 0 unspecified atom stereocenters. The lowest BCUT2D eigenvalue weighted by molar-refractivity contribution is 0.659. The molecule has 0 aromatic heterocycles. The van der Waals surface area contributed by atoms with E-state index in [1.165, 1.54) is 22.3 Å². The Labute approximate surface area is 90.6 Å². The number of benzene rings is 2. The molecule has 0 heteroatoms. The molecule has 15 heavy (non-hydrogen) atoms. The van der Waals surface area contributed by atoms with Crippen molar-refractivity contribution in [2.75, 3.05) is 0 Å². The van der Waals surface area contributed by atoms with Crippen molar-refractivity contribution in [3.63, 3.8) is 0 Å². The Morgan fingerprint density at radius 1 is 1.00 bits per heavy atom. The predicted molar refractivity (Wildman–Crippen MR) is 61.7 cm³/mol. The van der Waals surface area contributed by atoms with E-state index in [0.717, 1.165) is 0 Å². The van der Waals surface area contributed by atoms with E-state index in [4.69, 9.17) is 0 Å². The van der Waals surface area contributed by atoms with Crippen LogP contribution in [0.2, 0.25) is 0 Å². The van der Waals surface area contributed by atoms with Gasteiger partial charge in [-0.25, -0.2) is 0 Å². The maximum Gasteiger partial charge on any atom is 0.0165 e. The highest BCUT2D eigenvalue weighted by Crippen LogP contribution is 2.47. The van der Waals surface area contributed by atoms with E-state index in [-0.39, 0.29) is 5.41 Å².